The van der Waals surface area contributed by atoms with Crippen LogP contribution in [0.1, 0.15) is 19.4 Å². The highest BCUT2D eigenvalue weighted by Gasteiger charge is 2.50. The Kier molecular flexibility index (Phi) is 6.01. The molecule has 1 aromatic carbocycles. The smallest absolute Gasteiger partial charge is 0.430 e. The van der Waals surface area contributed by atoms with E-state index in [0.717, 1.165) is 6.08 Å². The lowest BCUT2D eigenvalue weighted by Gasteiger charge is -2.30. The van der Waals surface area contributed by atoms with Crippen molar-refractivity contribution >= 4 is 46.8 Å². The summed E-state index contributed by atoms with van der Waals surface area (Å²) in [5.41, 5.74) is -0.785. The molecule has 0 bridgehead atoms. The van der Waals surface area contributed by atoms with E-state index in [0.29, 0.717) is 0 Å². The van der Waals surface area contributed by atoms with Crippen molar-refractivity contribution in [2.24, 2.45) is 0 Å². The summed E-state index contributed by atoms with van der Waals surface area (Å²) < 4.78 is 55.1. The number of fused-ring (bicyclic) bond motifs is 1. The molecule has 1 aliphatic rings. The molecule has 1 heterocycles. The summed E-state index contributed by atoms with van der Waals surface area (Å²) >= 11 is 18.1. The van der Waals surface area contributed by atoms with Gasteiger partial charge >= 0.3 is 12.1 Å². The second-order valence-electron chi connectivity index (χ2n) is 4.81. The van der Waals surface area contributed by atoms with Crippen molar-refractivity contribution < 1.29 is 32.2 Å². The van der Waals surface area contributed by atoms with Gasteiger partial charge < -0.3 is 14.2 Å². The van der Waals surface area contributed by atoms with E-state index >= 15 is 0 Å². The summed E-state index contributed by atoms with van der Waals surface area (Å²) in [6.07, 6.45) is -6.49. The fraction of sp³-hybridized carbons (Fsp3) is 0.400. The Balaban J connectivity index is 2.73. The maximum Gasteiger partial charge on any atom is 0.430 e. The zero-order valence-electron chi connectivity index (χ0n) is 13.0. The molecule has 1 atom stereocenters. The molecule has 0 aliphatic carbocycles. The molecular weight excluding hydrogens is 408 g/mol. The normalized spacial score (nSPS) is 16.6. The molecule has 138 valence electrons. The van der Waals surface area contributed by atoms with Gasteiger partial charge in [0.15, 0.2) is 11.5 Å². The Labute approximate surface area is 156 Å². The molecule has 0 aromatic heterocycles. The average Bonchev–Trinajstić information content (AvgIpc) is 2.55. The number of ether oxygens (including phenoxy) is 3. The van der Waals surface area contributed by atoms with E-state index in [4.69, 9.17) is 44.3 Å². The minimum absolute atomic E-state index is 0.0388. The quantitative estimate of drug-likeness (QED) is 0.490. The summed E-state index contributed by atoms with van der Waals surface area (Å²) in [5, 5.41) is -0.465. The Morgan fingerprint density at radius 2 is 1.80 bits per heavy atom. The second kappa shape index (κ2) is 7.51. The number of rotatable bonds is 4. The number of benzene rings is 1. The highest BCUT2D eigenvalue weighted by molar-refractivity contribution is 6.49. The van der Waals surface area contributed by atoms with Gasteiger partial charge in [-0.2, -0.15) is 13.2 Å². The fourth-order valence-corrected chi connectivity index (χ4v) is 2.90. The minimum atomic E-state index is -4.88. The predicted octanol–water partition coefficient (Wildman–Crippen LogP) is 5.32. The van der Waals surface area contributed by atoms with Crippen LogP contribution < -0.4 is 9.47 Å². The van der Waals surface area contributed by atoms with Gasteiger partial charge in [-0.3, -0.25) is 0 Å². The van der Waals surface area contributed by atoms with E-state index in [1.807, 2.05) is 0 Å². The number of esters is 1. The number of hydrogen-bond acceptors (Lipinski definition) is 4. The van der Waals surface area contributed by atoms with Crippen molar-refractivity contribution in [3.63, 3.8) is 0 Å². The van der Waals surface area contributed by atoms with Crippen LogP contribution >= 0.6 is 34.8 Å². The number of halogens is 6. The first kappa shape index (κ1) is 20.0. The highest BCUT2D eigenvalue weighted by Crippen LogP contribution is 2.52. The van der Waals surface area contributed by atoms with Crippen molar-refractivity contribution in [3.8, 4) is 11.5 Å². The summed E-state index contributed by atoms with van der Waals surface area (Å²) in [6, 6.07) is 0. The van der Waals surface area contributed by atoms with Crippen LogP contribution in [0.2, 0.25) is 15.1 Å². The maximum absolute atomic E-state index is 13.4. The molecule has 0 amide bonds. The van der Waals surface area contributed by atoms with Crippen molar-refractivity contribution in [2.45, 2.75) is 26.1 Å². The largest absolute Gasteiger partial charge is 0.488 e. The third-order valence-corrected chi connectivity index (χ3v) is 4.51. The number of carbonyl (C=O) groups excluding carboxylic acids is 1. The number of carbonyl (C=O) groups is 1. The van der Waals surface area contributed by atoms with E-state index in [1.165, 1.54) is 6.92 Å². The third-order valence-electron chi connectivity index (χ3n) is 3.19. The third kappa shape index (κ3) is 3.78. The minimum Gasteiger partial charge on any atom is -0.488 e. The van der Waals surface area contributed by atoms with Gasteiger partial charge in [0.1, 0.15) is 5.02 Å². The Morgan fingerprint density at radius 3 is 2.32 bits per heavy atom. The van der Waals surface area contributed by atoms with Crippen LogP contribution in [0.3, 0.4) is 0 Å². The summed E-state index contributed by atoms with van der Waals surface area (Å²) in [7, 11) is 0. The van der Waals surface area contributed by atoms with E-state index in [9.17, 15) is 18.0 Å². The molecule has 0 fully saturated rings. The Hall–Kier alpha value is -1.31. The van der Waals surface area contributed by atoms with Gasteiger partial charge in [-0.25, -0.2) is 4.79 Å². The monoisotopic (exact) mass is 418 g/mol. The lowest BCUT2D eigenvalue weighted by molar-refractivity contribution is -0.188. The molecule has 0 radical (unpaired) electrons. The van der Waals surface area contributed by atoms with Crippen molar-refractivity contribution in [1.82, 2.24) is 0 Å². The van der Waals surface area contributed by atoms with Crippen LogP contribution in [0.4, 0.5) is 13.2 Å². The van der Waals surface area contributed by atoms with E-state index < -0.39 is 23.8 Å². The SMILES string of the molecule is CCOC(=O)C1=Cc2c(Cl)c(Cl)c(Cl)c(OCC)c2OC1C(F)(F)F. The summed E-state index contributed by atoms with van der Waals surface area (Å²) in [5.74, 6) is -1.69. The van der Waals surface area contributed by atoms with Gasteiger partial charge in [0.25, 0.3) is 0 Å². The molecule has 0 saturated carbocycles. The number of alkyl halides is 3. The molecule has 0 N–H and O–H groups in total. The maximum atomic E-state index is 13.4. The lowest BCUT2D eigenvalue weighted by Crippen LogP contribution is -2.41. The van der Waals surface area contributed by atoms with Gasteiger partial charge in [-0.05, 0) is 19.9 Å². The zero-order valence-corrected chi connectivity index (χ0v) is 15.2. The Morgan fingerprint density at radius 1 is 1.16 bits per heavy atom. The average molecular weight is 420 g/mol. The summed E-state index contributed by atoms with van der Waals surface area (Å²) in [4.78, 5) is 11.9. The topological polar surface area (TPSA) is 44.8 Å². The molecule has 0 spiro atoms. The van der Waals surface area contributed by atoms with Gasteiger partial charge in [-0.1, -0.05) is 34.8 Å². The van der Waals surface area contributed by atoms with Crippen molar-refractivity contribution in [3.05, 3.63) is 26.2 Å². The van der Waals surface area contributed by atoms with Gasteiger partial charge in [0.2, 0.25) is 6.10 Å². The van der Waals surface area contributed by atoms with Crippen molar-refractivity contribution in [1.29, 1.82) is 0 Å². The van der Waals surface area contributed by atoms with Crippen LogP contribution in [0, 0.1) is 0 Å². The number of hydrogen-bond donors (Lipinski definition) is 0. The zero-order chi connectivity index (χ0) is 18.9. The first-order valence-electron chi connectivity index (χ1n) is 7.08. The van der Waals surface area contributed by atoms with Crippen molar-refractivity contribution in [2.75, 3.05) is 13.2 Å². The molecule has 10 heteroatoms. The first-order valence-corrected chi connectivity index (χ1v) is 8.22. The highest BCUT2D eigenvalue weighted by atomic mass is 35.5. The van der Waals surface area contributed by atoms with Crippen LogP contribution in [-0.4, -0.2) is 31.5 Å². The van der Waals surface area contributed by atoms with E-state index in [1.54, 1.807) is 6.92 Å². The van der Waals surface area contributed by atoms with Crippen LogP contribution in [0.25, 0.3) is 6.08 Å². The molecule has 4 nitrogen and oxygen atoms in total. The standard InChI is InChI=1S/C15H12Cl3F3O4/c1-3-23-12-10(18)9(17)8(16)6-5-7(14(22)24-4-2)13(15(19,20)21)25-11(6)12/h5,13H,3-4H2,1-2H3. The van der Waals surface area contributed by atoms with E-state index in [2.05, 4.69) is 4.74 Å². The summed E-state index contributed by atoms with van der Waals surface area (Å²) in [6.45, 7) is 3.07. The van der Waals surface area contributed by atoms with Crippen LogP contribution in [0.15, 0.2) is 5.57 Å². The predicted molar refractivity (Wildman–Crippen MR) is 87.7 cm³/mol. The van der Waals surface area contributed by atoms with Crippen LogP contribution in [0.5, 0.6) is 11.5 Å². The van der Waals surface area contributed by atoms with Gasteiger partial charge in [0.05, 0.1) is 28.8 Å². The van der Waals surface area contributed by atoms with Gasteiger partial charge in [0, 0.05) is 5.56 Å². The van der Waals surface area contributed by atoms with Gasteiger partial charge in [-0.15, -0.1) is 0 Å². The van der Waals surface area contributed by atoms with Crippen LogP contribution in [-0.2, 0) is 9.53 Å². The van der Waals surface area contributed by atoms with E-state index in [-0.39, 0.29) is 45.3 Å². The molecule has 1 aliphatic heterocycles. The molecule has 0 saturated heterocycles. The molecule has 1 aromatic rings. The first-order chi connectivity index (χ1) is 11.6. The molecule has 1 unspecified atom stereocenters. The fourth-order valence-electron chi connectivity index (χ4n) is 2.19. The molecule has 25 heavy (non-hydrogen) atoms. The second-order valence-corrected chi connectivity index (χ2v) is 5.94. The Bertz CT molecular complexity index is 732. The lowest BCUT2D eigenvalue weighted by atomic mass is 10.0. The molecule has 2 rings (SSSR count). The molecular formula is C15H12Cl3F3O4.